The van der Waals surface area contributed by atoms with Crippen molar-refractivity contribution in [1.29, 1.82) is 0 Å². The number of aromatic amines is 2. The lowest BCUT2D eigenvalue weighted by Crippen LogP contribution is -2.33. The molecule has 0 saturated carbocycles. The number of H-pyrrole nitrogens is 2. The van der Waals surface area contributed by atoms with Crippen LogP contribution in [0.1, 0.15) is 39.0 Å². The van der Waals surface area contributed by atoms with E-state index in [1.54, 1.807) is 6.92 Å². The average Bonchev–Trinajstić information content (AvgIpc) is 3.25. The summed E-state index contributed by atoms with van der Waals surface area (Å²) < 4.78 is 25.0. The van der Waals surface area contributed by atoms with Gasteiger partial charge in [-0.3, -0.25) is 24.0 Å². The molecule has 3 N–H and O–H groups in total. The van der Waals surface area contributed by atoms with Gasteiger partial charge in [-0.25, -0.2) is 4.79 Å². The fourth-order valence-electron chi connectivity index (χ4n) is 3.34. The Kier molecular flexibility index (Phi) is 5.46. The van der Waals surface area contributed by atoms with Gasteiger partial charge < -0.3 is 14.2 Å². The van der Waals surface area contributed by atoms with Crippen molar-refractivity contribution in [2.45, 2.75) is 46.4 Å². The Morgan fingerprint density at radius 3 is 2.75 bits per heavy atom. The van der Waals surface area contributed by atoms with E-state index >= 15 is 0 Å². The smallest absolute Gasteiger partial charge is 0.352 e. The van der Waals surface area contributed by atoms with Crippen LogP contribution in [-0.2, 0) is 13.8 Å². The number of hydrogen-bond donors (Lipinski definition) is 3. The molecule has 154 valence electrons. The first-order valence-electron chi connectivity index (χ1n) is 8.81. The molecule has 1 aliphatic heterocycles. The molecule has 0 bridgehead atoms. The van der Waals surface area contributed by atoms with Crippen LogP contribution in [0.3, 0.4) is 0 Å². The fraction of sp³-hybridized carbons (Fsp3) is 0.625. The SMILES string of the molecule is Cc1cn([C@H]2CC(C(C)(C)C)[C@@H](COP(=O)(O)c3c[nH]nn3)O2)c(=O)[nH]c1=O. The van der Waals surface area contributed by atoms with Gasteiger partial charge in [0.25, 0.3) is 5.56 Å². The third kappa shape index (κ3) is 4.17. The number of ether oxygens (including phenoxy) is 1. The Morgan fingerprint density at radius 2 is 2.14 bits per heavy atom. The normalized spacial score (nSPS) is 25.0. The minimum Gasteiger partial charge on any atom is -0.352 e. The summed E-state index contributed by atoms with van der Waals surface area (Å²) in [5.41, 5.74) is -1.01. The Hall–Kier alpha value is -2.07. The van der Waals surface area contributed by atoms with Gasteiger partial charge in [0, 0.05) is 11.8 Å². The molecule has 1 fully saturated rings. The third-order valence-corrected chi connectivity index (χ3v) is 6.21. The van der Waals surface area contributed by atoms with E-state index < -0.39 is 31.2 Å². The van der Waals surface area contributed by atoms with Crippen LogP contribution in [0, 0.1) is 18.3 Å². The van der Waals surface area contributed by atoms with E-state index in [2.05, 4.69) is 20.4 Å². The lowest BCUT2D eigenvalue weighted by Gasteiger charge is -2.30. The summed E-state index contributed by atoms with van der Waals surface area (Å²) in [5, 5.41) is 9.31. The first-order valence-corrected chi connectivity index (χ1v) is 10.4. The number of nitrogens with one attached hydrogen (secondary N) is 2. The van der Waals surface area contributed by atoms with Crippen molar-refractivity contribution in [3.63, 3.8) is 0 Å². The standard InChI is InChI=1S/C16H24N5O6P/c1-9-7-21(15(23)18-14(9)22)13-5-10(16(2,3)4)11(27-13)8-26-28(24,25)12-6-17-20-19-12/h6-7,10-11,13H,5,8H2,1-4H3,(H,24,25)(H,17,19,20)(H,18,22,23)/t10?,11-,13-/m1/s1. The third-order valence-electron chi connectivity index (χ3n) is 4.91. The van der Waals surface area contributed by atoms with Crippen molar-refractivity contribution in [3.05, 3.63) is 38.8 Å². The fourth-order valence-corrected chi connectivity index (χ4v) is 4.20. The summed E-state index contributed by atoms with van der Waals surface area (Å²) >= 11 is 0. The maximum Gasteiger partial charge on any atom is 0.380 e. The summed E-state index contributed by atoms with van der Waals surface area (Å²) in [6.07, 6.45) is 2.00. The van der Waals surface area contributed by atoms with Crippen LogP contribution < -0.4 is 16.7 Å². The Balaban J connectivity index is 1.82. The summed E-state index contributed by atoms with van der Waals surface area (Å²) in [7, 11) is -4.14. The average molecular weight is 413 g/mol. The van der Waals surface area contributed by atoms with Gasteiger partial charge in [-0.1, -0.05) is 26.0 Å². The van der Waals surface area contributed by atoms with Crippen molar-refractivity contribution < 1.29 is 18.7 Å². The molecular weight excluding hydrogens is 389 g/mol. The van der Waals surface area contributed by atoms with E-state index in [0.717, 1.165) is 0 Å². The van der Waals surface area contributed by atoms with Crippen LogP contribution in [0.5, 0.6) is 0 Å². The minimum atomic E-state index is -4.14. The predicted molar refractivity (Wildman–Crippen MR) is 99.3 cm³/mol. The van der Waals surface area contributed by atoms with Crippen LogP contribution in [0.4, 0.5) is 0 Å². The topological polar surface area (TPSA) is 152 Å². The highest BCUT2D eigenvalue weighted by Gasteiger charge is 2.44. The van der Waals surface area contributed by atoms with E-state index in [9.17, 15) is 19.0 Å². The molecule has 2 unspecified atom stereocenters. The zero-order chi connectivity index (χ0) is 20.7. The van der Waals surface area contributed by atoms with Crippen molar-refractivity contribution in [2.24, 2.45) is 11.3 Å². The quantitative estimate of drug-likeness (QED) is 0.597. The summed E-state index contributed by atoms with van der Waals surface area (Å²) in [6, 6.07) is 0. The van der Waals surface area contributed by atoms with Gasteiger partial charge in [-0.05, 0) is 24.7 Å². The molecule has 0 amide bonds. The number of aromatic nitrogens is 5. The van der Waals surface area contributed by atoms with E-state index in [1.807, 2.05) is 20.8 Å². The molecular formula is C16H24N5O6P. The van der Waals surface area contributed by atoms with Crippen LogP contribution in [0.25, 0.3) is 0 Å². The van der Waals surface area contributed by atoms with Gasteiger partial charge in [0.15, 0.2) is 5.44 Å². The molecule has 11 nitrogen and oxygen atoms in total. The van der Waals surface area contributed by atoms with Crippen molar-refractivity contribution in [1.82, 2.24) is 25.0 Å². The van der Waals surface area contributed by atoms with Crippen LogP contribution in [0.15, 0.2) is 22.0 Å². The molecule has 4 atom stereocenters. The molecule has 3 rings (SSSR count). The maximum absolute atomic E-state index is 12.3. The molecule has 0 radical (unpaired) electrons. The summed E-state index contributed by atoms with van der Waals surface area (Å²) in [5.74, 6) is -0.0612. The van der Waals surface area contributed by atoms with Crippen molar-refractivity contribution in [2.75, 3.05) is 6.61 Å². The highest BCUT2D eigenvalue weighted by atomic mass is 31.2. The number of aryl methyl sites for hydroxylation is 1. The second-order valence-corrected chi connectivity index (χ2v) is 9.72. The van der Waals surface area contributed by atoms with E-state index in [1.165, 1.54) is 17.0 Å². The van der Waals surface area contributed by atoms with Crippen LogP contribution in [-0.4, -0.2) is 42.6 Å². The second kappa shape index (κ2) is 7.40. The minimum absolute atomic E-state index is 0.0612. The largest absolute Gasteiger partial charge is 0.380 e. The second-order valence-electron chi connectivity index (χ2n) is 7.96. The molecule has 2 aromatic rings. The first kappa shape index (κ1) is 20.7. The number of nitrogens with zero attached hydrogens (tertiary/aromatic N) is 3. The summed E-state index contributed by atoms with van der Waals surface area (Å²) in [6.45, 7) is 7.51. The molecule has 0 spiro atoms. The van der Waals surface area contributed by atoms with Crippen molar-refractivity contribution in [3.8, 4) is 0 Å². The van der Waals surface area contributed by atoms with E-state index in [0.29, 0.717) is 12.0 Å². The molecule has 0 aliphatic carbocycles. The highest BCUT2D eigenvalue weighted by molar-refractivity contribution is 7.60. The lowest BCUT2D eigenvalue weighted by molar-refractivity contribution is -0.0382. The number of hydrogen-bond acceptors (Lipinski definition) is 7. The van der Waals surface area contributed by atoms with Crippen molar-refractivity contribution >= 4 is 13.0 Å². The molecule has 3 heterocycles. The summed E-state index contributed by atoms with van der Waals surface area (Å²) in [4.78, 5) is 36.2. The van der Waals surface area contributed by atoms with Gasteiger partial charge in [0.05, 0.1) is 18.9 Å². The predicted octanol–water partition coefficient (Wildman–Crippen LogP) is 0.440. The Labute approximate surface area is 160 Å². The van der Waals surface area contributed by atoms with Gasteiger partial charge in [0.1, 0.15) is 6.23 Å². The van der Waals surface area contributed by atoms with Gasteiger partial charge in [0.2, 0.25) is 0 Å². The molecule has 1 aliphatic rings. The molecule has 1 saturated heterocycles. The van der Waals surface area contributed by atoms with E-state index in [-0.39, 0.29) is 23.4 Å². The zero-order valence-corrected chi connectivity index (χ0v) is 17.0. The Bertz CT molecular complexity index is 992. The molecule has 12 heteroatoms. The van der Waals surface area contributed by atoms with Gasteiger partial charge in [-0.2, -0.15) is 0 Å². The Morgan fingerprint density at radius 1 is 1.43 bits per heavy atom. The maximum atomic E-state index is 12.3. The first-order chi connectivity index (χ1) is 13.0. The van der Waals surface area contributed by atoms with Crippen LogP contribution >= 0.6 is 7.60 Å². The van der Waals surface area contributed by atoms with Gasteiger partial charge >= 0.3 is 13.3 Å². The monoisotopic (exact) mass is 413 g/mol. The van der Waals surface area contributed by atoms with Gasteiger partial charge in [-0.15, -0.1) is 5.10 Å². The molecule has 2 aromatic heterocycles. The van der Waals surface area contributed by atoms with E-state index in [4.69, 9.17) is 9.26 Å². The zero-order valence-electron chi connectivity index (χ0n) is 16.1. The highest BCUT2D eigenvalue weighted by Crippen LogP contribution is 2.46. The van der Waals surface area contributed by atoms with Crippen LogP contribution in [0.2, 0.25) is 0 Å². The molecule has 0 aromatic carbocycles. The molecule has 28 heavy (non-hydrogen) atoms. The lowest BCUT2D eigenvalue weighted by atomic mass is 9.76. The number of rotatable bonds is 5.